The van der Waals surface area contributed by atoms with Crippen molar-refractivity contribution in [3.05, 3.63) is 18.2 Å². The molecule has 6 heteroatoms. The number of imidazole rings is 1. The number of nitrogens with zero attached hydrogens (tertiary/aromatic N) is 3. The molecule has 2 heterocycles. The fraction of sp³-hybridized carbons (Fsp3) is 0.733. The van der Waals surface area contributed by atoms with Crippen LogP contribution in [0.15, 0.2) is 12.4 Å². The van der Waals surface area contributed by atoms with Crippen LogP contribution in [0.5, 0.6) is 0 Å². The molecule has 1 aromatic rings. The zero-order valence-corrected chi connectivity index (χ0v) is 12.5. The molecule has 1 saturated heterocycles. The van der Waals surface area contributed by atoms with E-state index in [-0.39, 0.29) is 18.2 Å². The molecular weight excluding hydrogens is 268 g/mol. The number of amides is 2. The summed E-state index contributed by atoms with van der Waals surface area (Å²) in [7, 11) is 2.00. The van der Waals surface area contributed by atoms with E-state index in [1.165, 1.54) is 0 Å². The van der Waals surface area contributed by atoms with E-state index in [1.807, 2.05) is 28.9 Å². The van der Waals surface area contributed by atoms with E-state index in [0.717, 1.165) is 51.0 Å². The van der Waals surface area contributed by atoms with Gasteiger partial charge in [0.1, 0.15) is 5.82 Å². The molecule has 3 rings (SSSR count). The topological polar surface area (TPSA) is 70.4 Å². The van der Waals surface area contributed by atoms with E-state index in [2.05, 4.69) is 10.3 Å². The third-order valence-corrected chi connectivity index (χ3v) is 4.72. The molecule has 1 aromatic heterocycles. The van der Waals surface area contributed by atoms with Gasteiger partial charge in [0.05, 0.1) is 6.10 Å². The van der Waals surface area contributed by atoms with Crippen LogP contribution in [-0.4, -0.2) is 50.8 Å². The summed E-state index contributed by atoms with van der Waals surface area (Å²) in [6.07, 6.45) is 7.89. The third kappa shape index (κ3) is 3.20. The van der Waals surface area contributed by atoms with E-state index in [4.69, 9.17) is 0 Å². The lowest BCUT2D eigenvalue weighted by Crippen LogP contribution is -2.45. The second-order valence-corrected chi connectivity index (χ2v) is 6.28. The maximum atomic E-state index is 12.3. The number of hydrogen-bond acceptors (Lipinski definition) is 3. The summed E-state index contributed by atoms with van der Waals surface area (Å²) in [6.45, 7) is 1.53. The molecule has 1 unspecified atom stereocenters. The molecule has 1 aliphatic carbocycles. The normalized spacial score (nSPS) is 29.6. The van der Waals surface area contributed by atoms with Crippen LogP contribution in [0.1, 0.15) is 43.8 Å². The number of nitrogens with one attached hydrogen (secondary N) is 1. The van der Waals surface area contributed by atoms with Gasteiger partial charge in [0.25, 0.3) is 0 Å². The van der Waals surface area contributed by atoms with Gasteiger partial charge in [0.2, 0.25) is 0 Å². The van der Waals surface area contributed by atoms with Crippen LogP contribution < -0.4 is 5.32 Å². The molecule has 0 spiro atoms. The number of carbonyl (C=O) groups is 1. The molecule has 2 fully saturated rings. The lowest BCUT2D eigenvalue weighted by molar-refractivity contribution is 0.115. The summed E-state index contributed by atoms with van der Waals surface area (Å²) in [4.78, 5) is 18.6. The van der Waals surface area contributed by atoms with Crippen LogP contribution in [0, 0.1) is 0 Å². The summed E-state index contributed by atoms with van der Waals surface area (Å²) < 4.78 is 2.04. The van der Waals surface area contributed by atoms with E-state index in [0.29, 0.717) is 5.92 Å². The quantitative estimate of drug-likeness (QED) is 0.861. The minimum absolute atomic E-state index is 0.0353. The standard InChI is InChI=1S/C15H24N4O2/c1-18-9-7-16-14(18)11-6-8-19(10-11)15(21)17-12-2-4-13(20)5-3-12/h7,9,11-13,20H,2-6,8,10H2,1H3,(H,17,21). The molecule has 0 aromatic carbocycles. The highest BCUT2D eigenvalue weighted by atomic mass is 16.3. The number of carbonyl (C=O) groups excluding carboxylic acids is 1. The second-order valence-electron chi connectivity index (χ2n) is 6.28. The van der Waals surface area contributed by atoms with Gasteiger partial charge >= 0.3 is 6.03 Å². The van der Waals surface area contributed by atoms with Crippen LogP contribution >= 0.6 is 0 Å². The number of aliphatic hydroxyl groups excluding tert-OH is 1. The third-order valence-electron chi connectivity index (χ3n) is 4.72. The number of hydrogen-bond donors (Lipinski definition) is 2. The molecule has 1 saturated carbocycles. The lowest BCUT2D eigenvalue weighted by Gasteiger charge is -2.28. The SMILES string of the molecule is Cn1ccnc1C1CCN(C(=O)NC2CCC(O)CC2)C1. The highest BCUT2D eigenvalue weighted by Gasteiger charge is 2.31. The highest BCUT2D eigenvalue weighted by Crippen LogP contribution is 2.26. The predicted octanol–water partition coefficient (Wildman–Crippen LogP) is 1.22. The average Bonchev–Trinajstić information content (AvgIpc) is 3.09. The van der Waals surface area contributed by atoms with Crippen molar-refractivity contribution < 1.29 is 9.90 Å². The largest absolute Gasteiger partial charge is 0.393 e. The van der Waals surface area contributed by atoms with Crippen molar-refractivity contribution in [1.29, 1.82) is 0 Å². The van der Waals surface area contributed by atoms with E-state index < -0.39 is 0 Å². The first-order chi connectivity index (χ1) is 10.1. The molecule has 2 N–H and O–H groups in total. The fourth-order valence-corrected chi connectivity index (χ4v) is 3.41. The molecule has 2 amide bonds. The van der Waals surface area contributed by atoms with Gasteiger partial charge in [-0.3, -0.25) is 0 Å². The number of aliphatic hydroxyl groups is 1. The minimum atomic E-state index is -0.183. The first kappa shape index (κ1) is 14.4. The molecule has 2 aliphatic rings. The zero-order chi connectivity index (χ0) is 14.8. The highest BCUT2D eigenvalue weighted by molar-refractivity contribution is 5.75. The smallest absolute Gasteiger partial charge is 0.317 e. The molecule has 21 heavy (non-hydrogen) atoms. The van der Waals surface area contributed by atoms with Crippen molar-refractivity contribution in [2.24, 2.45) is 7.05 Å². The molecular formula is C15H24N4O2. The Hall–Kier alpha value is -1.56. The summed E-state index contributed by atoms with van der Waals surface area (Å²) in [5.41, 5.74) is 0. The number of aromatic nitrogens is 2. The van der Waals surface area contributed by atoms with Gasteiger partial charge in [-0.1, -0.05) is 0 Å². The van der Waals surface area contributed by atoms with Crippen molar-refractivity contribution in [3.8, 4) is 0 Å². The Morgan fingerprint density at radius 3 is 2.76 bits per heavy atom. The lowest BCUT2D eigenvalue weighted by atomic mass is 9.93. The Balaban J connectivity index is 1.51. The first-order valence-corrected chi connectivity index (χ1v) is 7.84. The van der Waals surface area contributed by atoms with Crippen molar-refractivity contribution in [2.45, 2.75) is 50.2 Å². The Kier molecular flexibility index (Phi) is 4.14. The minimum Gasteiger partial charge on any atom is -0.393 e. The van der Waals surface area contributed by atoms with E-state index >= 15 is 0 Å². The summed E-state index contributed by atoms with van der Waals surface area (Å²) in [6, 6.07) is 0.251. The zero-order valence-electron chi connectivity index (χ0n) is 12.5. The molecule has 1 aliphatic heterocycles. The van der Waals surface area contributed by atoms with Crippen LogP contribution in [0.4, 0.5) is 4.79 Å². The maximum absolute atomic E-state index is 12.3. The van der Waals surface area contributed by atoms with Crippen LogP contribution in [0.3, 0.4) is 0 Å². The average molecular weight is 292 g/mol. The van der Waals surface area contributed by atoms with Crippen molar-refractivity contribution in [1.82, 2.24) is 19.8 Å². The van der Waals surface area contributed by atoms with Gasteiger partial charge in [0, 0.05) is 44.5 Å². The monoisotopic (exact) mass is 292 g/mol. The molecule has 1 atom stereocenters. The molecule has 116 valence electrons. The van der Waals surface area contributed by atoms with Gasteiger partial charge in [-0.2, -0.15) is 0 Å². The second kappa shape index (κ2) is 6.05. The summed E-state index contributed by atoms with van der Waals surface area (Å²) in [5, 5.41) is 12.6. The van der Waals surface area contributed by atoms with Gasteiger partial charge < -0.3 is 19.9 Å². The molecule has 6 nitrogen and oxygen atoms in total. The molecule has 0 radical (unpaired) electrons. The molecule has 0 bridgehead atoms. The van der Waals surface area contributed by atoms with E-state index in [9.17, 15) is 9.90 Å². The summed E-state index contributed by atoms with van der Waals surface area (Å²) >= 11 is 0. The Bertz CT molecular complexity index is 494. The number of rotatable bonds is 2. The van der Waals surface area contributed by atoms with E-state index in [1.54, 1.807) is 0 Å². The van der Waals surface area contributed by atoms with Gasteiger partial charge in [-0.25, -0.2) is 9.78 Å². The Morgan fingerprint density at radius 2 is 2.10 bits per heavy atom. The van der Waals surface area contributed by atoms with Crippen molar-refractivity contribution >= 4 is 6.03 Å². The van der Waals surface area contributed by atoms with Crippen LogP contribution in [-0.2, 0) is 7.05 Å². The Morgan fingerprint density at radius 1 is 1.33 bits per heavy atom. The number of urea groups is 1. The van der Waals surface area contributed by atoms with Crippen LogP contribution in [0.2, 0.25) is 0 Å². The summed E-state index contributed by atoms with van der Waals surface area (Å²) in [5.74, 6) is 1.40. The number of aryl methyl sites for hydroxylation is 1. The predicted molar refractivity (Wildman–Crippen MR) is 78.9 cm³/mol. The van der Waals surface area contributed by atoms with Crippen molar-refractivity contribution in [2.75, 3.05) is 13.1 Å². The van der Waals surface area contributed by atoms with Crippen molar-refractivity contribution in [3.63, 3.8) is 0 Å². The van der Waals surface area contributed by atoms with Gasteiger partial charge in [0.15, 0.2) is 0 Å². The number of likely N-dealkylation sites (tertiary alicyclic amines) is 1. The maximum Gasteiger partial charge on any atom is 0.317 e. The van der Waals surface area contributed by atoms with Gasteiger partial charge in [-0.05, 0) is 32.1 Å². The fourth-order valence-electron chi connectivity index (χ4n) is 3.41. The van der Waals surface area contributed by atoms with Gasteiger partial charge in [-0.15, -0.1) is 0 Å². The van der Waals surface area contributed by atoms with Crippen LogP contribution in [0.25, 0.3) is 0 Å². The Labute approximate surface area is 125 Å². The first-order valence-electron chi connectivity index (χ1n) is 7.84.